The highest BCUT2D eigenvalue weighted by Gasteiger charge is 2.20. The maximum absolute atomic E-state index is 9.72. The van der Waals surface area contributed by atoms with Gasteiger partial charge in [0, 0.05) is 29.8 Å². The molecule has 1 heterocycles. The van der Waals surface area contributed by atoms with E-state index in [1.165, 1.54) is 79.1 Å². The van der Waals surface area contributed by atoms with E-state index in [1.807, 2.05) is 36.7 Å². The van der Waals surface area contributed by atoms with Crippen molar-refractivity contribution in [3.05, 3.63) is 188 Å². The summed E-state index contributed by atoms with van der Waals surface area (Å²) in [4.78, 5) is 4.50. The van der Waals surface area contributed by atoms with E-state index >= 15 is 0 Å². The molecule has 0 saturated carbocycles. The lowest BCUT2D eigenvalue weighted by atomic mass is 9.83. The lowest BCUT2D eigenvalue weighted by Gasteiger charge is -2.20. The topological polar surface area (TPSA) is 32.6 Å². The van der Waals surface area contributed by atoms with E-state index in [-0.39, 0.29) is 11.7 Å². The first kappa shape index (κ1) is 30.9. The van der Waals surface area contributed by atoms with Crippen molar-refractivity contribution in [1.29, 1.82) is 0 Å². The molecule has 1 aliphatic heterocycles. The average molecular weight is 654 g/mol. The molecule has 1 atom stereocenters. The molecule has 1 N–H and O–H groups in total. The number of halogens is 1. The first-order valence-corrected chi connectivity index (χ1v) is 17.4. The van der Waals surface area contributed by atoms with Crippen LogP contribution in [0.4, 0.5) is 0 Å². The van der Waals surface area contributed by atoms with Crippen molar-refractivity contribution in [2.24, 2.45) is 4.99 Å². The fraction of sp³-hybridized carbons (Fsp3) is 0.109. The Hall–Kier alpha value is -5.44. The number of nitrogens with zero attached hydrogens (tertiary/aromatic N) is 1. The molecule has 0 bridgehead atoms. The largest absolute Gasteiger partial charge is 0.508 e. The number of phenolic OH excluding ortho intramolecular Hbond substituents is 1. The van der Waals surface area contributed by atoms with Crippen LogP contribution in [0.2, 0.25) is 0 Å². The molecule has 2 aliphatic carbocycles. The molecular weight excluding hydrogens is 618 g/mol. The van der Waals surface area contributed by atoms with E-state index in [1.54, 1.807) is 12.1 Å². The second kappa shape index (κ2) is 13.6. The highest BCUT2D eigenvalue weighted by atomic mass is 35.5. The summed E-state index contributed by atoms with van der Waals surface area (Å²) in [5, 5.41) is 16.0. The van der Waals surface area contributed by atoms with Gasteiger partial charge in [-0.15, -0.1) is 0 Å². The van der Waals surface area contributed by atoms with Crippen LogP contribution < -0.4 is 10.4 Å². The Labute approximate surface area is 292 Å². The summed E-state index contributed by atoms with van der Waals surface area (Å²) >= 11 is 6.52. The summed E-state index contributed by atoms with van der Waals surface area (Å²) in [6, 6.07) is 46.0. The third-order valence-corrected chi connectivity index (χ3v) is 10.2. The number of benzene rings is 6. The van der Waals surface area contributed by atoms with Gasteiger partial charge in [0.15, 0.2) is 0 Å². The first-order chi connectivity index (χ1) is 24.1. The van der Waals surface area contributed by atoms with Crippen LogP contribution in [-0.2, 0) is 12.8 Å². The van der Waals surface area contributed by atoms with Crippen LogP contribution in [0.3, 0.4) is 0 Å². The van der Waals surface area contributed by atoms with Gasteiger partial charge in [0.1, 0.15) is 5.75 Å². The number of aromatic hydroxyl groups is 1. The summed E-state index contributed by atoms with van der Waals surface area (Å²) < 4.78 is 0. The predicted molar refractivity (Wildman–Crippen MR) is 205 cm³/mol. The van der Waals surface area contributed by atoms with Crippen LogP contribution in [0.25, 0.3) is 39.4 Å². The second-order valence-corrected chi connectivity index (χ2v) is 13.3. The number of aliphatic imine (C=N–C) groups is 1. The summed E-state index contributed by atoms with van der Waals surface area (Å²) in [6.07, 6.45) is 12.8. The van der Waals surface area contributed by atoms with Crippen LogP contribution in [0.5, 0.6) is 5.75 Å². The minimum Gasteiger partial charge on any atom is -0.508 e. The lowest BCUT2D eigenvalue weighted by Crippen LogP contribution is -2.20. The van der Waals surface area contributed by atoms with E-state index in [2.05, 4.69) is 114 Å². The molecule has 0 aromatic heterocycles. The molecule has 1 unspecified atom stereocenters. The molecule has 6 aromatic carbocycles. The Kier molecular flexibility index (Phi) is 8.56. The Morgan fingerprint density at radius 2 is 1.33 bits per heavy atom. The molecule has 238 valence electrons. The Morgan fingerprint density at radius 1 is 0.653 bits per heavy atom. The third-order valence-electron chi connectivity index (χ3n) is 9.86. The zero-order valence-corrected chi connectivity index (χ0v) is 27.9. The van der Waals surface area contributed by atoms with E-state index in [9.17, 15) is 5.11 Å². The van der Waals surface area contributed by atoms with Crippen LogP contribution >= 0.6 is 11.6 Å². The maximum atomic E-state index is 9.72. The number of hydrogen-bond acceptors (Lipinski definition) is 2. The van der Waals surface area contributed by atoms with Crippen molar-refractivity contribution >= 4 is 35.0 Å². The number of rotatable bonds is 3. The average Bonchev–Trinajstić information content (AvgIpc) is 3.38. The molecule has 0 spiro atoms. The highest BCUT2D eigenvalue weighted by Crippen LogP contribution is 2.39. The molecule has 9 rings (SSSR count). The van der Waals surface area contributed by atoms with Gasteiger partial charge in [0.25, 0.3) is 0 Å². The van der Waals surface area contributed by atoms with Gasteiger partial charge < -0.3 is 5.11 Å². The molecular formula is C46H36ClNO. The standard InChI is InChI=1S/C28H21NO.C18H15Cl/c30-24-13-11-22(12-14-24)28-19-29-16-15-23-17-25(20-7-3-1-4-8-20)26(18-27(23)28)21-9-5-2-6-10-21;19-18-11-17-13-6-2-1-5-12(13)9-10-15(17)14-7-3-4-8-16(14)18/h1-19,28,30H;3-5,7-10H,1-2,6,11H2. The van der Waals surface area contributed by atoms with Crippen molar-refractivity contribution in [1.82, 2.24) is 0 Å². The maximum Gasteiger partial charge on any atom is 0.115 e. The Balaban J connectivity index is 0.000000157. The molecule has 0 fully saturated rings. The first-order valence-electron chi connectivity index (χ1n) is 17.0. The Morgan fingerprint density at radius 3 is 2.06 bits per heavy atom. The van der Waals surface area contributed by atoms with Gasteiger partial charge in [0.2, 0.25) is 0 Å². The summed E-state index contributed by atoms with van der Waals surface area (Å²) in [5.74, 6) is 0.287. The SMILES string of the molecule is ClC1=c2ccccc2=c2ccc3c(c2C1)CCCC=3.Oc1ccc(C2C=NC=Cc3cc(-c4ccccc4)c(-c4ccccc4)cc32)cc1. The fourth-order valence-electron chi connectivity index (χ4n) is 7.44. The van der Waals surface area contributed by atoms with Gasteiger partial charge >= 0.3 is 0 Å². The number of hydrogen-bond donors (Lipinski definition) is 1. The summed E-state index contributed by atoms with van der Waals surface area (Å²) in [6.45, 7) is 0. The summed E-state index contributed by atoms with van der Waals surface area (Å²) in [5.41, 5.74) is 11.2. The van der Waals surface area contributed by atoms with Gasteiger partial charge in [-0.1, -0.05) is 127 Å². The number of phenols is 1. The Bertz CT molecular complexity index is 2450. The predicted octanol–water partition coefficient (Wildman–Crippen LogP) is 9.91. The molecule has 49 heavy (non-hydrogen) atoms. The van der Waals surface area contributed by atoms with Crippen LogP contribution in [0, 0.1) is 10.4 Å². The van der Waals surface area contributed by atoms with Crippen LogP contribution in [-0.4, -0.2) is 11.3 Å². The molecule has 0 radical (unpaired) electrons. The third kappa shape index (κ3) is 6.17. The summed E-state index contributed by atoms with van der Waals surface area (Å²) in [7, 11) is 0. The van der Waals surface area contributed by atoms with Gasteiger partial charge in [-0.3, -0.25) is 4.99 Å². The van der Waals surface area contributed by atoms with Crippen molar-refractivity contribution in [2.75, 3.05) is 0 Å². The zero-order chi connectivity index (χ0) is 33.2. The number of fused-ring (bicyclic) bond motifs is 5. The minimum absolute atomic E-state index is 0.0166. The fourth-order valence-corrected chi connectivity index (χ4v) is 7.74. The van der Waals surface area contributed by atoms with Gasteiger partial charge in [-0.25, -0.2) is 0 Å². The zero-order valence-electron chi connectivity index (χ0n) is 27.2. The smallest absolute Gasteiger partial charge is 0.115 e. The van der Waals surface area contributed by atoms with Crippen molar-refractivity contribution in [2.45, 2.75) is 31.6 Å². The quantitative estimate of drug-likeness (QED) is 0.203. The lowest BCUT2D eigenvalue weighted by molar-refractivity contribution is 0.475. The van der Waals surface area contributed by atoms with E-state index in [0.717, 1.165) is 22.6 Å². The molecule has 6 aromatic rings. The van der Waals surface area contributed by atoms with Crippen molar-refractivity contribution in [3.63, 3.8) is 0 Å². The van der Waals surface area contributed by atoms with Crippen molar-refractivity contribution < 1.29 is 5.11 Å². The molecule has 0 amide bonds. The van der Waals surface area contributed by atoms with E-state index in [0.29, 0.717) is 0 Å². The molecule has 3 aliphatic rings. The molecule has 3 heteroatoms. The monoisotopic (exact) mass is 653 g/mol. The molecule has 0 saturated heterocycles. The van der Waals surface area contributed by atoms with E-state index in [4.69, 9.17) is 11.6 Å². The van der Waals surface area contributed by atoms with Crippen molar-refractivity contribution in [3.8, 4) is 28.0 Å². The van der Waals surface area contributed by atoms with Gasteiger partial charge in [-0.05, 0) is 121 Å². The molecule has 2 nitrogen and oxygen atoms in total. The van der Waals surface area contributed by atoms with Crippen LogP contribution in [0.1, 0.15) is 46.6 Å². The van der Waals surface area contributed by atoms with Crippen LogP contribution in [0.15, 0.2) is 145 Å². The van der Waals surface area contributed by atoms with Gasteiger partial charge in [0.05, 0.1) is 0 Å². The minimum atomic E-state index is 0.0166. The van der Waals surface area contributed by atoms with E-state index < -0.39 is 0 Å². The normalized spacial score (nSPS) is 15.4. The highest BCUT2D eigenvalue weighted by molar-refractivity contribution is 6.45. The van der Waals surface area contributed by atoms with Gasteiger partial charge in [-0.2, -0.15) is 0 Å². The second-order valence-electron chi connectivity index (χ2n) is 12.8.